The number of ether oxygens (including phenoxy) is 1. The van der Waals surface area contributed by atoms with Gasteiger partial charge in [-0.05, 0) is 36.2 Å². The van der Waals surface area contributed by atoms with Gasteiger partial charge in [0.25, 0.3) is 5.91 Å². The lowest BCUT2D eigenvalue weighted by Crippen LogP contribution is -2.22. The van der Waals surface area contributed by atoms with Gasteiger partial charge in [-0.3, -0.25) is 14.7 Å². The predicted octanol–water partition coefficient (Wildman–Crippen LogP) is 3.77. The van der Waals surface area contributed by atoms with E-state index in [9.17, 15) is 9.59 Å². The number of nitrogens with zero attached hydrogens (tertiary/aromatic N) is 2. The molecule has 3 aromatic carbocycles. The molecule has 10 nitrogen and oxygen atoms in total. The van der Waals surface area contributed by atoms with Gasteiger partial charge in [-0.1, -0.05) is 48.0 Å². The van der Waals surface area contributed by atoms with Gasteiger partial charge in [0.15, 0.2) is 5.82 Å². The third-order valence-electron chi connectivity index (χ3n) is 6.44. The summed E-state index contributed by atoms with van der Waals surface area (Å²) in [5.41, 5.74) is 20.9. The second-order valence-corrected chi connectivity index (χ2v) is 9.11. The Hall–Kier alpha value is -4.83. The van der Waals surface area contributed by atoms with Gasteiger partial charge >= 0.3 is 0 Å². The highest BCUT2D eigenvalue weighted by Crippen LogP contribution is 2.40. The third kappa shape index (κ3) is 4.41. The Labute approximate surface area is 222 Å². The number of primary amides is 2. The van der Waals surface area contributed by atoms with E-state index < -0.39 is 17.7 Å². The van der Waals surface area contributed by atoms with E-state index in [-0.39, 0.29) is 22.0 Å². The topological polar surface area (TPSA) is 179 Å². The van der Waals surface area contributed by atoms with E-state index in [1.807, 2.05) is 48.5 Å². The normalized spacial score (nSPS) is 11.9. The summed E-state index contributed by atoms with van der Waals surface area (Å²) in [4.78, 5) is 32.8. The number of imidazole rings is 1. The molecule has 5 aromatic rings. The molecule has 0 fully saturated rings. The number of aromatic amines is 2. The highest BCUT2D eigenvalue weighted by Gasteiger charge is 2.30. The Bertz CT molecular complexity index is 1680. The summed E-state index contributed by atoms with van der Waals surface area (Å²) in [7, 11) is 1.40. The van der Waals surface area contributed by atoms with E-state index in [1.165, 1.54) is 19.2 Å². The zero-order chi connectivity index (χ0) is 27.0. The second kappa shape index (κ2) is 9.91. The molecule has 0 unspecified atom stereocenters. The van der Waals surface area contributed by atoms with Crippen molar-refractivity contribution >= 4 is 40.1 Å². The van der Waals surface area contributed by atoms with Crippen LogP contribution in [-0.2, 0) is 6.42 Å². The third-order valence-corrected chi connectivity index (χ3v) is 6.71. The molecule has 0 aliphatic carbocycles. The van der Waals surface area contributed by atoms with Crippen molar-refractivity contribution in [2.45, 2.75) is 12.3 Å². The molecule has 8 N–H and O–H groups in total. The molecule has 0 aliphatic rings. The summed E-state index contributed by atoms with van der Waals surface area (Å²) in [5, 5.41) is 7.99. The molecule has 0 spiro atoms. The summed E-state index contributed by atoms with van der Waals surface area (Å²) in [5.74, 6) is -1.01. The molecule has 1 atom stereocenters. The van der Waals surface area contributed by atoms with Crippen LogP contribution in [0, 0.1) is 0 Å². The first-order chi connectivity index (χ1) is 18.3. The lowest BCUT2D eigenvalue weighted by Gasteiger charge is -2.22. The van der Waals surface area contributed by atoms with E-state index in [1.54, 1.807) is 0 Å². The van der Waals surface area contributed by atoms with Gasteiger partial charge in [0.2, 0.25) is 5.91 Å². The van der Waals surface area contributed by atoms with Crippen molar-refractivity contribution in [2.75, 3.05) is 12.8 Å². The number of carbonyl (C=O) groups excluding carboxylic acids is 2. The number of anilines is 1. The van der Waals surface area contributed by atoms with Crippen molar-refractivity contribution < 1.29 is 14.3 Å². The summed E-state index contributed by atoms with van der Waals surface area (Å²) in [6.07, 6.45) is 0.388. The maximum absolute atomic E-state index is 12.6. The van der Waals surface area contributed by atoms with Gasteiger partial charge in [0.1, 0.15) is 22.4 Å². The first-order valence-electron chi connectivity index (χ1n) is 11.6. The molecule has 2 aromatic heterocycles. The van der Waals surface area contributed by atoms with Crippen LogP contribution in [0.3, 0.4) is 0 Å². The Kier molecular flexibility index (Phi) is 6.48. The number of nitrogen functional groups attached to an aromatic ring is 1. The molecule has 2 amide bonds. The summed E-state index contributed by atoms with van der Waals surface area (Å²) >= 11 is 6.66. The number of methoxy groups -OCH3 is 1. The molecule has 11 heteroatoms. The van der Waals surface area contributed by atoms with Crippen LogP contribution in [0.5, 0.6) is 5.75 Å². The van der Waals surface area contributed by atoms with E-state index in [0.29, 0.717) is 29.3 Å². The quantitative estimate of drug-likeness (QED) is 0.204. The smallest absolute Gasteiger partial charge is 0.252 e. The highest BCUT2D eigenvalue weighted by molar-refractivity contribution is 6.32. The molecule has 0 saturated carbocycles. The number of halogens is 1. The molecular formula is C27H24ClN7O3. The number of amides is 2. The Morgan fingerprint density at radius 1 is 1.03 bits per heavy atom. The lowest BCUT2D eigenvalue weighted by molar-refractivity contribution is 0.0984. The number of rotatable bonds is 8. The van der Waals surface area contributed by atoms with Crippen molar-refractivity contribution in [2.24, 2.45) is 11.5 Å². The molecule has 0 bridgehead atoms. The number of nitrogens with two attached hydrogens (primary N) is 3. The maximum atomic E-state index is 12.6. The average molecular weight is 530 g/mol. The molecular weight excluding hydrogens is 506 g/mol. The molecule has 2 heterocycles. The molecule has 5 rings (SSSR count). The van der Waals surface area contributed by atoms with Gasteiger partial charge in [0, 0.05) is 22.1 Å². The van der Waals surface area contributed by atoms with Crippen molar-refractivity contribution in [1.29, 1.82) is 0 Å². The van der Waals surface area contributed by atoms with E-state index in [4.69, 9.17) is 38.5 Å². The van der Waals surface area contributed by atoms with Crippen molar-refractivity contribution in [3.8, 4) is 17.0 Å². The van der Waals surface area contributed by atoms with Crippen molar-refractivity contribution in [3.05, 3.63) is 93.9 Å². The zero-order valence-corrected chi connectivity index (χ0v) is 21.0. The Balaban J connectivity index is 1.72. The molecule has 0 aliphatic heterocycles. The number of hydrogen-bond donors (Lipinski definition) is 5. The van der Waals surface area contributed by atoms with Crippen LogP contribution >= 0.6 is 11.6 Å². The lowest BCUT2D eigenvalue weighted by atomic mass is 9.85. The van der Waals surface area contributed by atoms with Crippen LogP contribution in [-0.4, -0.2) is 39.1 Å². The van der Waals surface area contributed by atoms with Crippen LogP contribution in [0.2, 0.25) is 5.15 Å². The molecule has 192 valence electrons. The largest absolute Gasteiger partial charge is 0.496 e. The van der Waals surface area contributed by atoms with Crippen LogP contribution in [0.1, 0.15) is 43.6 Å². The minimum absolute atomic E-state index is 0.116. The maximum Gasteiger partial charge on any atom is 0.252 e. The van der Waals surface area contributed by atoms with E-state index >= 15 is 0 Å². The average Bonchev–Trinajstić information content (AvgIpc) is 3.48. The van der Waals surface area contributed by atoms with E-state index in [2.05, 4.69) is 15.2 Å². The number of aromatic nitrogens is 4. The molecule has 0 radical (unpaired) electrons. The number of carbonyl (C=O) groups is 2. The molecule has 0 saturated heterocycles. The van der Waals surface area contributed by atoms with Gasteiger partial charge in [-0.25, -0.2) is 4.98 Å². The van der Waals surface area contributed by atoms with Gasteiger partial charge < -0.3 is 26.9 Å². The fourth-order valence-corrected chi connectivity index (χ4v) is 4.92. The molecule has 38 heavy (non-hydrogen) atoms. The standard InChI is InChI=1S/C27H24ClN7O3/c1-38-22-17(26(31)37)10-9-16(25(30)36)20(22)18(11-13-5-3-2-4-6-13)27-32-21(23(28)33-27)14-7-8-15-19(12-14)34-35-24(15)29/h2-10,12,18H,11H2,1H3,(H2,30,36)(H2,31,37)(H,32,33)(H3,29,34,35)/t18-/m0/s1. The minimum Gasteiger partial charge on any atom is -0.496 e. The minimum atomic E-state index is -0.706. The number of nitrogens with one attached hydrogen (secondary N) is 2. The van der Waals surface area contributed by atoms with Crippen molar-refractivity contribution in [1.82, 2.24) is 20.2 Å². The summed E-state index contributed by atoms with van der Waals surface area (Å²) in [6.45, 7) is 0. The Morgan fingerprint density at radius 2 is 1.74 bits per heavy atom. The number of benzene rings is 3. The summed E-state index contributed by atoms with van der Waals surface area (Å²) in [6, 6.07) is 18.0. The number of H-pyrrole nitrogens is 2. The number of hydrogen-bond acceptors (Lipinski definition) is 6. The van der Waals surface area contributed by atoms with Crippen LogP contribution < -0.4 is 21.9 Å². The van der Waals surface area contributed by atoms with Crippen molar-refractivity contribution in [3.63, 3.8) is 0 Å². The number of fused-ring (bicyclic) bond motifs is 1. The van der Waals surface area contributed by atoms with Gasteiger partial charge in [-0.15, -0.1) is 0 Å². The SMILES string of the molecule is COc1c(C(N)=O)ccc(C(N)=O)c1[C@H](Cc1ccccc1)c1nc(-c2ccc3c(N)n[nH]c3c2)c(Cl)[nH]1. The van der Waals surface area contributed by atoms with Crippen LogP contribution in [0.4, 0.5) is 5.82 Å². The summed E-state index contributed by atoms with van der Waals surface area (Å²) < 4.78 is 5.63. The second-order valence-electron chi connectivity index (χ2n) is 8.73. The fraction of sp³-hybridized carbons (Fsp3) is 0.111. The first kappa shape index (κ1) is 24.8. The fourth-order valence-electron chi connectivity index (χ4n) is 4.67. The van der Waals surface area contributed by atoms with Crippen LogP contribution in [0.25, 0.3) is 22.2 Å². The van der Waals surface area contributed by atoms with Crippen LogP contribution in [0.15, 0.2) is 60.7 Å². The Morgan fingerprint density at radius 3 is 2.42 bits per heavy atom. The first-order valence-corrected chi connectivity index (χ1v) is 12.0. The zero-order valence-electron chi connectivity index (χ0n) is 20.3. The monoisotopic (exact) mass is 529 g/mol. The van der Waals surface area contributed by atoms with E-state index in [0.717, 1.165) is 22.0 Å². The van der Waals surface area contributed by atoms with Gasteiger partial charge in [-0.2, -0.15) is 5.10 Å². The van der Waals surface area contributed by atoms with Gasteiger partial charge in [0.05, 0.1) is 24.1 Å². The highest BCUT2D eigenvalue weighted by atomic mass is 35.5. The predicted molar refractivity (Wildman–Crippen MR) is 145 cm³/mol.